The predicted octanol–water partition coefficient (Wildman–Crippen LogP) is 4.04. The monoisotopic (exact) mass is 359 g/mol. The van der Waals surface area contributed by atoms with Gasteiger partial charge in [0.2, 0.25) is 0 Å². The molecule has 3 aromatic rings. The fourth-order valence-corrected chi connectivity index (χ4v) is 3.36. The van der Waals surface area contributed by atoms with Crippen molar-refractivity contribution in [3.8, 4) is 11.3 Å². The van der Waals surface area contributed by atoms with E-state index < -0.39 is 0 Å². The molecule has 0 spiro atoms. The van der Waals surface area contributed by atoms with Gasteiger partial charge in [0, 0.05) is 47.4 Å². The number of rotatable bonds is 2. The van der Waals surface area contributed by atoms with Gasteiger partial charge < -0.3 is 4.90 Å². The molecule has 0 radical (unpaired) electrons. The van der Waals surface area contributed by atoms with E-state index in [0.29, 0.717) is 11.0 Å². The number of aryl methyl sites for hydroxylation is 1. The molecule has 122 valence electrons. The Morgan fingerprint density at radius 2 is 1.92 bits per heavy atom. The van der Waals surface area contributed by atoms with Crippen molar-refractivity contribution in [2.75, 3.05) is 11.4 Å². The van der Waals surface area contributed by atoms with Crippen molar-refractivity contribution in [3.63, 3.8) is 0 Å². The van der Waals surface area contributed by atoms with Crippen LogP contribution < -0.4 is 4.90 Å². The van der Waals surface area contributed by atoms with E-state index in [1.165, 1.54) is 11.3 Å². The molecule has 24 heavy (non-hydrogen) atoms. The number of nitrogens with one attached hydrogen (secondary N) is 1. The van der Waals surface area contributed by atoms with Gasteiger partial charge in [-0.3, -0.25) is 5.10 Å². The Bertz CT molecular complexity index is 868. The van der Waals surface area contributed by atoms with Gasteiger partial charge in [0.15, 0.2) is 0 Å². The highest BCUT2D eigenvalue weighted by atomic mass is 35.5. The van der Waals surface area contributed by atoms with Crippen molar-refractivity contribution in [2.45, 2.75) is 19.9 Å². The molecule has 1 N–H and O–H groups in total. The van der Waals surface area contributed by atoms with Crippen molar-refractivity contribution in [3.05, 3.63) is 57.6 Å². The van der Waals surface area contributed by atoms with Crippen LogP contribution in [0.4, 0.5) is 5.82 Å². The van der Waals surface area contributed by atoms with Gasteiger partial charge in [-0.2, -0.15) is 5.10 Å². The van der Waals surface area contributed by atoms with E-state index in [4.69, 9.17) is 23.2 Å². The maximum Gasteiger partial charge on any atom is 0.134 e. The first-order valence-corrected chi connectivity index (χ1v) is 8.44. The lowest BCUT2D eigenvalue weighted by Gasteiger charge is -2.28. The molecule has 0 bridgehead atoms. The number of halogens is 2. The Hall–Kier alpha value is -2.11. The van der Waals surface area contributed by atoms with Gasteiger partial charge in [-0.25, -0.2) is 9.97 Å². The normalized spacial score (nSPS) is 13.9. The van der Waals surface area contributed by atoms with Crippen LogP contribution in [0.3, 0.4) is 0 Å². The number of fused-ring (bicyclic) bond motifs is 1. The lowest BCUT2D eigenvalue weighted by molar-refractivity contribution is 0.707. The summed E-state index contributed by atoms with van der Waals surface area (Å²) < 4.78 is 0. The number of hydrogen-bond donors (Lipinski definition) is 1. The quantitative estimate of drug-likeness (QED) is 0.701. The lowest BCUT2D eigenvalue weighted by Crippen LogP contribution is -2.31. The van der Waals surface area contributed by atoms with Crippen LogP contribution in [0.2, 0.25) is 10.2 Å². The maximum atomic E-state index is 6.08. The Labute approximate surface area is 149 Å². The van der Waals surface area contributed by atoms with Gasteiger partial charge in [0.1, 0.15) is 16.8 Å². The fourth-order valence-electron chi connectivity index (χ4n) is 3.02. The molecule has 1 aromatic carbocycles. The lowest BCUT2D eigenvalue weighted by atomic mass is 10.0. The van der Waals surface area contributed by atoms with E-state index in [9.17, 15) is 0 Å². The summed E-state index contributed by atoms with van der Waals surface area (Å²) in [6.45, 7) is 3.44. The summed E-state index contributed by atoms with van der Waals surface area (Å²) in [6.07, 6.45) is 0.886. The van der Waals surface area contributed by atoms with Crippen molar-refractivity contribution < 1.29 is 0 Å². The van der Waals surface area contributed by atoms with Gasteiger partial charge >= 0.3 is 0 Å². The third-order valence-corrected chi connectivity index (χ3v) is 4.61. The van der Waals surface area contributed by atoms with Crippen LogP contribution >= 0.6 is 23.2 Å². The molecule has 1 aliphatic heterocycles. The molecule has 0 fully saturated rings. The molecular formula is C17H15Cl2N5. The zero-order valence-electron chi connectivity index (χ0n) is 13.1. The van der Waals surface area contributed by atoms with E-state index in [2.05, 4.69) is 25.1 Å². The van der Waals surface area contributed by atoms with E-state index in [-0.39, 0.29) is 0 Å². The van der Waals surface area contributed by atoms with Gasteiger partial charge in [-0.15, -0.1) is 0 Å². The average Bonchev–Trinajstić information content (AvgIpc) is 2.98. The number of H-pyrrole nitrogens is 1. The fraction of sp³-hybridized carbons (Fsp3) is 0.235. The summed E-state index contributed by atoms with van der Waals surface area (Å²) in [5.41, 5.74) is 4.38. The molecule has 5 nitrogen and oxygen atoms in total. The first kappa shape index (κ1) is 15.4. The molecule has 0 unspecified atom stereocenters. The summed E-state index contributed by atoms with van der Waals surface area (Å²) in [6, 6.07) is 9.55. The molecule has 0 aliphatic carbocycles. The highest BCUT2D eigenvalue weighted by molar-refractivity contribution is 6.30. The minimum absolute atomic E-state index is 0.466. The zero-order chi connectivity index (χ0) is 16.7. The molecule has 0 saturated carbocycles. The molecule has 2 aromatic heterocycles. The number of aromatic nitrogens is 4. The number of aromatic amines is 1. The third kappa shape index (κ3) is 2.85. The van der Waals surface area contributed by atoms with Gasteiger partial charge in [0.05, 0.1) is 5.69 Å². The van der Waals surface area contributed by atoms with Crippen molar-refractivity contribution in [1.29, 1.82) is 0 Å². The van der Waals surface area contributed by atoms with E-state index >= 15 is 0 Å². The average molecular weight is 360 g/mol. The molecule has 0 saturated heterocycles. The van der Waals surface area contributed by atoms with Gasteiger partial charge in [-0.1, -0.05) is 35.3 Å². The molecular weight excluding hydrogens is 345 g/mol. The molecule has 4 rings (SSSR count). The molecule has 3 heterocycles. The van der Waals surface area contributed by atoms with Crippen molar-refractivity contribution in [1.82, 2.24) is 20.2 Å². The van der Waals surface area contributed by atoms with Gasteiger partial charge in [0.25, 0.3) is 0 Å². The van der Waals surface area contributed by atoms with E-state index in [1.54, 1.807) is 0 Å². The van der Waals surface area contributed by atoms with Crippen molar-refractivity contribution in [2.24, 2.45) is 0 Å². The van der Waals surface area contributed by atoms with Crippen molar-refractivity contribution >= 4 is 29.0 Å². The minimum Gasteiger partial charge on any atom is -0.352 e. The summed E-state index contributed by atoms with van der Waals surface area (Å²) in [5.74, 6) is 1.52. The summed E-state index contributed by atoms with van der Waals surface area (Å²) in [5, 5.41) is 8.86. The second-order valence-electron chi connectivity index (χ2n) is 5.80. The topological polar surface area (TPSA) is 57.7 Å². The van der Waals surface area contributed by atoms with Crippen LogP contribution in [0, 0.1) is 6.92 Å². The minimum atomic E-state index is 0.466. The second-order valence-corrected chi connectivity index (χ2v) is 6.63. The number of anilines is 1. The molecule has 7 heteroatoms. The third-order valence-electron chi connectivity index (χ3n) is 4.17. The first-order valence-electron chi connectivity index (χ1n) is 7.68. The predicted molar refractivity (Wildman–Crippen MR) is 95.6 cm³/mol. The van der Waals surface area contributed by atoms with Crippen LogP contribution in [0.25, 0.3) is 11.3 Å². The smallest absolute Gasteiger partial charge is 0.134 e. The first-order chi connectivity index (χ1) is 11.6. The maximum absolute atomic E-state index is 6.08. The Morgan fingerprint density at radius 3 is 2.67 bits per heavy atom. The number of hydrogen-bond acceptors (Lipinski definition) is 4. The Morgan fingerprint density at radius 1 is 1.12 bits per heavy atom. The van der Waals surface area contributed by atoms with Crippen LogP contribution in [-0.4, -0.2) is 26.7 Å². The molecule has 0 atom stereocenters. The number of nitrogens with zero attached hydrogens (tertiary/aromatic N) is 4. The SMILES string of the molecule is Cc1nc(Cl)cc(N2CCc3[nH]nc(-c4ccc(Cl)cc4)c3C2)n1. The standard InChI is InChI=1S/C17H15Cl2N5/c1-10-20-15(19)8-16(21-10)24-7-6-14-13(9-24)17(23-22-14)11-2-4-12(18)5-3-11/h2-5,8H,6-7,9H2,1H3,(H,22,23). The van der Waals surface area contributed by atoms with Crippen LogP contribution in [0.5, 0.6) is 0 Å². The van der Waals surface area contributed by atoms with E-state index in [1.807, 2.05) is 37.3 Å². The highest BCUT2D eigenvalue weighted by Crippen LogP contribution is 2.31. The number of benzene rings is 1. The highest BCUT2D eigenvalue weighted by Gasteiger charge is 2.24. The van der Waals surface area contributed by atoms with E-state index in [0.717, 1.165) is 41.6 Å². The zero-order valence-corrected chi connectivity index (χ0v) is 14.6. The summed E-state index contributed by atoms with van der Waals surface area (Å²) >= 11 is 12.1. The largest absolute Gasteiger partial charge is 0.352 e. The Kier molecular flexibility index (Phi) is 3.90. The second kappa shape index (κ2) is 6.07. The van der Waals surface area contributed by atoms with Gasteiger partial charge in [-0.05, 0) is 19.1 Å². The summed E-state index contributed by atoms with van der Waals surface area (Å²) in [7, 11) is 0. The summed E-state index contributed by atoms with van der Waals surface area (Å²) in [4.78, 5) is 10.9. The molecule has 1 aliphatic rings. The van der Waals surface area contributed by atoms with Crippen LogP contribution in [0.1, 0.15) is 17.1 Å². The molecule has 0 amide bonds. The Balaban J connectivity index is 1.69. The van der Waals surface area contributed by atoms with Crippen LogP contribution in [-0.2, 0) is 13.0 Å². The van der Waals surface area contributed by atoms with Crippen LogP contribution in [0.15, 0.2) is 30.3 Å².